The molecule has 0 radical (unpaired) electrons. The molecule has 0 atom stereocenters. The van der Waals surface area contributed by atoms with Gasteiger partial charge >= 0.3 is 0 Å². The average molecular weight is 463 g/mol. The Labute approximate surface area is 192 Å². The molecule has 0 unspecified atom stereocenters. The van der Waals surface area contributed by atoms with Crippen molar-refractivity contribution >= 4 is 45.0 Å². The number of aryl methyl sites for hydroxylation is 1. The fraction of sp³-hybridized carbons (Fsp3) is 0.120. The van der Waals surface area contributed by atoms with E-state index in [0.29, 0.717) is 38.7 Å². The number of benzene rings is 3. The molecule has 32 heavy (non-hydrogen) atoms. The molecule has 3 aromatic carbocycles. The number of thiazole rings is 1. The van der Waals surface area contributed by atoms with E-state index in [2.05, 4.69) is 4.98 Å². The van der Waals surface area contributed by atoms with Crippen LogP contribution in [0, 0.1) is 6.92 Å². The second kappa shape index (κ2) is 8.30. The summed E-state index contributed by atoms with van der Waals surface area (Å²) in [5.74, 6) is 0.867. The molecule has 0 saturated carbocycles. The van der Waals surface area contributed by atoms with Crippen molar-refractivity contribution in [3.05, 3.63) is 97.3 Å². The van der Waals surface area contributed by atoms with Gasteiger partial charge in [-0.3, -0.25) is 4.79 Å². The average Bonchev–Trinajstić information content (AvgIpc) is 3.29. The Kier molecular flexibility index (Phi) is 5.33. The maximum Gasteiger partial charge on any atom is 0.274 e. The number of aromatic nitrogens is 2. The van der Waals surface area contributed by atoms with E-state index in [-0.39, 0.29) is 11.3 Å². The monoisotopic (exact) mass is 462 g/mol. The van der Waals surface area contributed by atoms with Crippen LogP contribution in [0.4, 0.5) is 0 Å². The Bertz CT molecular complexity index is 1550. The van der Waals surface area contributed by atoms with E-state index in [0.717, 1.165) is 22.3 Å². The lowest BCUT2D eigenvalue weighted by atomic mass is 10.1. The first kappa shape index (κ1) is 20.5. The topological polar surface area (TPSA) is 63.8 Å². The molecule has 0 aliphatic rings. The van der Waals surface area contributed by atoms with Gasteiger partial charge < -0.3 is 9.84 Å². The molecule has 2 heterocycles. The number of nitrogens with zero attached hydrogens (tertiary/aromatic N) is 2. The minimum atomic E-state index is -0.165. The van der Waals surface area contributed by atoms with Gasteiger partial charge in [-0.1, -0.05) is 52.8 Å². The smallest absolute Gasteiger partial charge is 0.274 e. The second-order valence-corrected chi connectivity index (χ2v) is 8.99. The van der Waals surface area contributed by atoms with Crippen molar-refractivity contribution in [3.8, 4) is 11.5 Å². The normalized spacial score (nSPS) is 12.1. The molecule has 5 rings (SSSR count). The van der Waals surface area contributed by atoms with Crippen molar-refractivity contribution in [3.63, 3.8) is 0 Å². The van der Waals surface area contributed by atoms with Crippen LogP contribution in [0.15, 0.2) is 65.5 Å². The number of ether oxygens (including phenoxy) is 1. The Balaban J connectivity index is 1.47. The van der Waals surface area contributed by atoms with Gasteiger partial charge in [0.25, 0.3) is 5.56 Å². The Morgan fingerprint density at radius 3 is 2.75 bits per heavy atom. The molecule has 2 aromatic heterocycles. The van der Waals surface area contributed by atoms with Crippen LogP contribution in [0.5, 0.6) is 11.5 Å². The number of hydrogen-bond acceptors (Lipinski definition) is 5. The molecule has 0 bridgehead atoms. The highest BCUT2D eigenvalue weighted by atomic mass is 35.5. The molecule has 0 fully saturated rings. The van der Waals surface area contributed by atoms with Crippen molar-refractivity contribution in [2.24, 2.45) is 0 Å². The van der Waals surface area contributed by atoms with Crippen LogP contribution in [0.3, 0.4) is 0 Å². The third-order valence-electron chi connectivity index (χ3n) is 5.28. The predicted molar refractivity (Wildman–Crippen MR) is 129 cm³/mol. The fourth-order valence-corrected chi connectivity index (χ4v) is 4.87. The third-order valence-corrected chi connectivity index (χ3v) is 6.46. The molecule has 1 N–H and O–H groups in total. The number of fused-ring (bicyclic) bond motifs is 3. The van der Waals surface area contributed by atoms with Crippen LogP contribution in [-0.2, 0) is 6.42 Å². The highest BCUT2D eigenvalue weighted by molar-refractivity contribution is 7.15. The summed E-state index contributed by atoms with van der Waals surface area (Å²) in [5, 5.41) is 11.3. The van der Waals surface area contributed by atoms with Crippen molar-refractivity contribution in [1.82, 2.24) is 9.38 Å². The first-order chi connectivity index (χ1) is 15.5. The van der Waals surface area contributed by atoms with Crippen LogP contribution in [0.25, 0.3) is 22.1 Å². The maximum atomic E-state index is 13.0. The molecule has 5 nitrogen and oxygen atoms in total. The Morgan fingerprint density at radius 2 is 1.94 bits per heavy atom. The molecule has 0 amide bonds. The van der Waals surface area contributed by atoms with Gasteiger partial charge in [0, 0.05) is 17.0 Å². The minimum Gasteiger partial charge on any atom is -0.507 e. The Hall–Kier alpha value is -3.35. The standard InChI is InChI=1S/C25H19ClN2O3S/c1-15-6-8-19(9-7-15)31-11-10-16-12-18(26)13-17(23(16)29)14-22-24(30)28-21-5-3-2-4-20(21)27-25(28)32-22/h2-9,12-14,29H,10-11H2,1H3/b22-14-. The number of halogens is 1. The quantitative estimate of drug-likeness (QED) is 0.409. The van der Waals surface area contributed by atoms with E-state index in [1.807, 2.05) is 55.5 Å². The van der Waals surface area contributed by atoms with Crippen molar-refractivity contribution in [1.29, 1.82) is 0 Å². The summed E-state index contributed by atoms with van der Waals surface area (Å²) in [5.41, 5.74) is 3.71. The fourth-order valence-electron chi connectivity index (χ4n) is 3.65. The van der Waals surface area contributed by atoms with Gasteiger partial charge in [-0.25, -0.2) is 9.38 Å². The van der Waals surface area contributed by atoms with E-state index < -0.39 is 0 Å². The number of hydrogen-bond donors (Lipinski definition) is 1. The zero-order valence-corrected chi connectivity index (χ0v) is 18.8. The number of para-hydroxylation sites is 2. The zero-order valence-electron chi connectivity index (χ0n) is 17.2. The van der Waals surface area contributed by atoms with E-state index >= 15 is 0 Å². The highest BCUT2D eigenvalue weighted by Crippen LogP contribution is 2.28. The summed E-state index contributed by atoms with van der Waals surface area (Å²) >= 11 is 7.60. The molecule has 0 aliphatic carbocycles. The molecule has 0 saturated heterocycles. The first-order valence-electron chi connectivity index (χ1n) is 10.1. The number of phenols is 1. The summed E-state index contributed by atoms with van der Waals surface area (Å²) in [6, 6.07) is 18.7. The van der Waals surface area contributed by atoms with Crippen molar-refractivity contribution in [2.45, 2.75) is 13.3 Å². The van der Waals surface area contributed by atoms with Gasteiger partial charge in [-0.05, 0) is 55.0 Å². The number of rotatable bonds is 5. The largest absolute Gasteiger partial charge is 0.507 e. The third kappa shape index (κ3) is 3.83. The summed E-state index contributed by atoms with van der Waals surface area (Å²) in [7, 11) is 0. The number of phenolic OH excluding ortho intramolecular Hbond substituents is 1. The lowest BCUT2D eigenvalue weighted by Gasteiger charge is -2.10. The van der Waals surface area contributed by atoms with Crippen LogP contribution >= 0.6 is 22.9 Å². The predicted octanol–water partition coefficient (Wildman–Crippen LogP) is 4.75. The summed E-state index contributed by atoms with van der Waals surface area (Å²) < 4.78 is 7.87. The van der Waals surface area contributed by atoms with Crippen molar-refractivity contribution in [2.75, 3.05) is 6.61 Å². The Morgan fingerprint density at radius 1 is 1.16 bits per heavy atom. The highest BCUT2D eigenvalue weighted by Gasteiger charge is 2.13. The molecule has 0 aliphatic heterocycles. The van der Waals surface area contributed by atoms with Gasteiger partial charge in [0.15, 0.2) is 4.96 Å². The number of imidazole rings is 1. The lowest BCUT2D eigenvalue weighted by Crippen LogP contribution is -2.22. The van der Waals surface area contributed by atoms with Gasteiger partial charge in [0.2, 0.25) is 0 Å². The van der Waals surface area contributed by atoms with Crippen LogP contribution in [0.1, 0.15) is 16.7 Å². The zero-order chi connectivity index (χ0) is 22.2. The van der Waals surface area contributed by atoms with E-state index in [1.54, 1.807) is 22.6 Å². The first-order valence-corrected chi connectivity index (χ1v) is 11.3. The van der Waals surface area contributed by atoms with E-state index in [9.17, 15) is 9.90 Å². The van der Waals surface area contributed by atoms with Gasteiger partial charge in [-0.15, -0.1) is 0 Å². The number of aromatic hydroxyl groups is 1. The van der Waals surface area contributed by atoms with Gasteiger partial charge in [-0.2, -0.15) is 0 Å². The molecular weight excluding hydrogens is 444 g/mol. The maximum absolute atomic E-state index is 13.0. The van der Waals surface area contributed by atoms with Gasteiger partial charge in [0.1, 0.15) is 11.5 Å². The van der Waals surface area contributed by atoms with E-state index in [4.69, 9.17) is 16.3 Å². The molecule has 7 heteroatoms. The van der Waals surface area contributed by atoms with Crippen LogP contribution in [0.2, 0.25) is 5.02 Å². The molecular formula is C25H19ClN2O3S. The summed E-state index contributed by atoms with van der Waals surface area (Å²) in [4.78, 5) is 18.2. The lowest BCUT2D eigenvalue weighted by molar-refractivity contribution is 0.319. The molecule has 160 valence electrons. The van der Waals surface area contributed by atoms with E-state index in [1.165, 1.54) is 11.3 Å². The van der Waals surface area contributed by atoms with Gasteiger partial charge in [0.05, 0.1) is 22.2 Å². The second-order valence-electron chi connectivity index (χ2n) is 7.55. The minimum absolute atomic E-state index is 0.0946. The summed E-state index contributed by atoms with van der Waals surface area (Å²) in [6.45, 7) is 2.41. The van der Waals surface area contributed by atoms with Crippen LogP contribution < -0.4 is 14.8 Å². The van der Waals surface area contributed by atoms with Crippen molar-refractivity contribution < 1.29 is 9.84 Å². The van der Waals surface area contributed by atoms with Crippen LogP contribution in [-0.4, -0.2) is 21.1 Å². The molecule has 5 aromatic rings. The molecule has 0 spiro atoms. The SMILES string of the molecule is Cc1ccc(OCCc2cc(Cl)cc(/C=c3\sc4nc5ccccc5n4c3=O)c2O)cc1. The summed E-state index contributed by atoms with van der Waals surface area (Å²) in [6.07, 6.45) is 2.14.